The number of hydrogen-bond donors (Lipinski definition) is 2. The third-order valence-corrected chi connectivity index (χ3v) is 0.692. The van der Waals surface area contributed by atoms with Gasteiger partial charge in [-0.15, -0.1) is 0 Å². The van der Waals surface area contributed by atoms with Crippen molar-refractivity contribution in [3.05, 3.63) is 0 Å². The molecule has 0 aliphatic rings. The van der Waals surface area contributed by atoms with E-state index >= 15 is 0 Å². The van der Waals surface area contributed by atoms with Crippen molar-refractivity contribution in [1.82, 2.24) is 5.43 Å². The number of nitrogens with two attached hydrogens (primary N) is 1. The fraction of sp³-hybridized carbons (Fsp3) is 1.00. The lowest BCUT2D eigenvalue weighted by molar-refractivity contribution is -0.0450. The summed E-state index contributed by atoms with van der Waals surface area (Å²) in [7, 11) is 0. The Kier molecular flexibility index (Phi) is 2.24. The topological polar surface area (TPSA) is 38.0 Å². The Morgan fingerprint density at radius 2 is 2.00 bits per heavy atom. The molecule has 0 amide bonds. The quantitative estimate of drug-likeness (QED) is 0.321. The van der Waals surface area contributed by atoms with Gasteiger partial charge in [-0.3, -0.25) is 5.84 Å². The molecule has 50 valence electrons. The summed E-state index contributed by atoms with van der Waals surface area (Å²) in [5.41, 5.74) is 1.32. The van der Waals surface area contributed by atoms with Crippen molar-refractivity contribution in [1.29, 1.82) is 0 Å². The van der Waals surface area contributed by atoms with Crippen LogP contribution in [0.25, 0.3) is 0 Å². The molecule has 0 aromatic carbocycles. The minimum absolute atomic E-state index is 0.664. The van der Waals surface area contributed by atoms with Gasteiger partial charge in [-0.25, -0.2) is 18.6 Å². The van der Waals surface area contributed by atoms with Crippen LogP contribution in [0.2, 0.25) is 0 Å². The van der Waals surface area contributed by atoms with Gasteiger partial charge in [0.2, 0.25) is 5.79 Å². The fourth-order valence-corrected chi connectivity index (χ4v) is 0.0630. The second-order valence-corrected chi connectivity index (χ2v) is 1.52. The van der Waals surface area contributed by atoms with Crippen molar-refractivity contribution < 1.29 is 13.2 Å². The highest BCUT2D eigenvalue weighted by Crippen LogP contribution is 2.14. The van der Waals surface area contributed by atoms with Crippen LogP contribution in [0.4, 0.5) is 13.2 Å². The summed E-state index contributed by atoms with van der Waals surface area (Å²) < 4.78 is 34.5. The molecule has 3 N–H and O–H groups in total. The van der Waals surface area contributed by atoms with Crippen LogP contribution in [0.3, 0.4) is 0 Å². The van der Waals surface area contributed by atoms with Crippen LogP contribution in [0, 0.1) is 0 Å². The van der Waals surface area contributed by atoms with E-state index < -0.39 is 12.2 Å². The minimum Gasteiger partial charge on any atom is -0.269 e. The van der Waals surface area contributed by atoms with Gasteiger partial charge in [0.05, 0.1) is 0 Å². The Morgan fingerprint density at radius 1 is 1.62 bits per heavy atom. The molecule has 0 bridgehead atoms. The highest BCUT2D eigenvalue weighted by molar-refractivity contribution is 4.68. The molecule has 0 aliphatic heterocycles. The van der Waals surface area contributed by atoms with Gasteiger partial charge in [-0.1, -0.05) is 0 Å². The summed E-state index contributed by atoms with van der Waals surface area (Å²) >= 11 is 0. The monoisotopic (exact) mass is 128 g/mol. The van der Waals surface area contributed by atoms with Gasteiger partial charge in [0.1, 0.15) is 0 Å². The van der Waals surface area contributed by atoms with E-state index in [4.69, 9.17) is 0 Å². The van der Waals surface area contributed by atoms with Gasteiger partial charge in [0, 0.05) is 0 Å². The molecule has 0 heterocycles. The van der Waals surface area contributed by atoms with Crippen LogP contribution in [0.5, 0.6) is 0 Å². The molecule has 0 spiro atoms. The van der Waals surface area contributed by atoms with Gasteiger partial charge in [0.15, 0.2) is 0 Å². The maximum atomic E-state index is 12.0. The normalized spacial score (nSPS) is 18.8. The first kappa shape index (κ1) is 7.71. The number of hydrazine groups is 1. The minimum atomic E-state index is -3.09. The van der Waals surface area contributed by atoms with Gasteiger partial charge in [0.25, 0.3) is 6.43 Å². The summed E-state index contributed by atoms with van der Waals surface area (Å²) in [6.07, 6.45) is -3.09. The number of nitrogens with one attached hydrogen (secondary N) is 1. The Morgan fingerprint density at radius 3 is 2.00 bits per heavy atom. The smallest absolute Gasteiger partial charge is 0.269 e. The Labute approximate surface area is 44.8 Å². The zero-order chi connectivity index (χ0) is 6.78. The standard InChI is InChI=1S/C3H7F3N2/c1-3(6,8-7)2(4)5/h2,8H,7H2,1H3. The maximum absolute atomic E-state index is 12.0. The summed E-state index contributed by atoms with van der Waals surface area (Å²) in [5.74, 6) is 1.64. The lowest BCUT2D eigenvalue weighted by atomic mass is 10.3. The summed E-state index contributed by atoms with van der Waals surface area (Å²) in [5, 5.41) is 0. The average Bonchev–Trinajstić information content (AvgIpc) is 1.67. The van der Waals surface area contributed by atoms with E-state index in [1.807, 2.05) is 0 Å². The molecule has 0 saturated carbocycles. The van der Waals surface area contributed by atoms with E-state index in [9.17, 15) is 13.2 Å². The zero-order valence-electron chi connectivity index (χ0n) is 4.29. The molecule has 0 saturated heterocycles. The van der Waals surface area contributed by atoms with Crippen LogP contribution in [-0.4, -0.2) is 12.2 Å². The highest BCUT2D eigenvalue weighted by Gasteiger charge is 2.32. The largest absolute Gasteiger partial charge is 0.286 e. The molecule has 0 fully saturated rings. The molecular formula is C3H7F3N2. The first-order valence-corrected chi connectivity index (χ1v) is 1.95. The highest BCUT2D eigenvalue weighted by atomic mass is 19.3. The fourth-order valence-electron chi connectivity index (χ4n) is 0.0630. The van der Waals surface area contributed by atoms with Crippen LogP contribution in [0.1, 0.15) is 6.92 Å². The average molecular weight is 128 g/mol. The third-order valence-electron chi connectivity index (χ3n) is 0.692. The van der Waals surface area contributed by atoms with Crippen LogP contribution in [0.15, 0.2) is 0 Å². The molecule has 1 atom stereocenters. The van der Waals surface area contributed by atoms with E-state index in [1.54, 1.807) is 0 Å². The van der Waals surface area contributed by atoms with Crippen molar-refractivity contribution in [2.45, 2.75) is 19.1 Å². The molecular weight excluding hydrogens is 121 g/mol. The molecule has 2 nitrogen and oxygen atoms in total. The van der Waals surface area contributed by atoms with Gasteiger partial charge in [-0.05, 0) is 6.92 Å². The Bertz CT molecular complexity index is 72.9. The lowest BCUT2D eigenvalue weighted by Crippen LogP contribution is -2.48. The Hall–Kier alpha value is -0.290. The van der Waals surface area contributed by atoms with Crippen molar-refractivity contribution in [3.8, 4) is 0 Å². The lowest BCUT2D eigenvalue weighted by Gasteiger charge is -2.16. The van der Waals surface area contributed by atoms with Crippen LogP contribution in [-0.2, 0) is 0 Å². The van der Waals surface area contributed by atoms with Gasteiger partial charge in [-0.2, -0.15) is 0 Å². The van der Waals surface area contributed by atoms with Crippen LogP contribution < -0.4 is 11.3 Å². The molecule has 0 rings (SSSR count). The second-order valence-electron chi connectivity index (χ2n) is 1.52. The second kappa shape index (κ2) is 2.32. The van der Waals surface area contributed by atoms with Gasteiger partial charge < -0.3 is 0 Å². The summed E-state index contributed by atoms with van der Waals surface area (Å²) in [6, 6.07) is 0. The Balaban J connectivity index is 3.71. The van der Waals surface area contributed by atoms with E-state index in [2.05, 4.69) is 5.84 Å². The predicted octanol–water partition coefficient (Wildman–Crippen LogP) is 0.400. The zero-order valence-corrected chi connectivity index (χ0v) is 4.29. The maximum Gasteiger partial charge on any atom is 0.286 e. The molecule has 0 radical (unpaired) electrons. The first-order chi connectivity index (χ1) is 3.50. The van der Waals surface area contributed by atoms with Crippen molar-refractivity contribution >= 4 is 0 Å². The SMILES string of the molecule is CC(F)(NN)C(F)F. The van der Waals surface area contributed by atoms with Crippen molar-refractivity contribution in [3.63, 3.8) is 0 Å². The number of alkyl halides is 3. The third kappa shape index (κ3) is 1.67. The van der Waals surface area contributed by atoms with E-state index in [1.165, 1.54) is 5.43 Å². The van der Waals surface area contributed by atoms with E-state index in [-0.39, 0.29) is 0 Å². The molecule has 0 aliphatic carbocycles. The summed E-state index contributed by atoms with van der Waals surface area (Å²) in [4.78, 5) is 0. The van der Waals surface area contributed by atoms with E-state index in [0.29, 0.717) is 6.92 Å². The number of halogens is 3. The van der Waals surface area contributed by atoms with Crippen molar-refractivity contribution in [2.24, 2.45) is 5.84 Å². The summed E-state index contributed by atoms with van der Waals surface area (Å²) in [6.45, 7) is 0.664. The van der Waals surface area contributed by atoms with E-state index in [0.717, 1.165) is 0 Å². The van der Waals surface area contributed by atoms with Gasteiger partial charge >= 0.3 is 0 Å². The molecule has 0 aromatic rings. The van der Waals surface area contributed by atoms with Crippen LogP contribution >= 0.6 is 0 Å². The molecule has 0 aromatic heterocycles. The predicted molar refractivity (Wildman–Crippen MR) is 22.8 cm³/mol. The van der Waals surface area contributed by atoms with Crippen molar-refractivity contribution in [2.75, 3.05) is 0 Å². The first-order valence-electron chi connectivity index (χ1n) is 1.95. The number of rotatable bonds is 2. The number of hydrogen-bond acceptors (Lipinski definition) is 2. The molecule has 8 heavy (non-hydrogen) atoms. The molecule has 1 unspecified atom stereocenters. The molecule has 5 heteroatoms.